The van der Waals surface area contributed by atoms with E-state index in [1.165, 1.54) is 0 Å². The highest BCUT2D eigenvalue weighted by Crippen LogP contribution is 2.27. The topological polar surface area (TPSA) is 75.7 Å². The summed E-state index contributed by atoms with van der Waals surface area (Å²) in [5.41, 5.74) is 2.84. The van der Waals surface area contributed by atoms with Crippen LogP contribution in [0.15, 0.2) is 54.6 Å². The Hall–Kier alpha value is -3.15. The Labute approximate surface area is 170 Å². The molecule has 6 heteroatoms. The van der Waals surface area contributed by atoms with Gasteiger partial charge in [-0.1, -0.05) is 62.4 Å². The van der Waals surface area contributed by atoms with Crippen LogP contribution in [-0.4, -0.2) is 37.0 Å². The van der Waals surface area contributed by atoms with Crippen LogP contribution in [0.25, 0.3) is 0 Å². The van der Waals surface area contributed by atoms with E-state index >= 15 is 0 Å². The molecule has 29 heavy (non-hydrogen) atoms. The second kappa shape index (κ2) is 9.37. The molecule has 0 unspecified atom stereocenters. The van der Waals surface area contributed by atoms with E-state index < -0.39 is 12.0 Å². The zero-order chi connectivity index (χ0) is 20.8. The third-order valence-corrected chi connectivity index (χ3v) is 4.97. The highest BCUT2D eigenvalue weighted by atomic mass is 16.5. The van der Waals surface area contributed by atoms with Crippen LogP contribution >= 0.6 is 0 Å². The van der Waals surface area contributed by atoms with E-state index in [0.29, 0.717) is 6.54 Å². The minimum atomic E-state index is -0.801. The van der Waals surface area contributed by atoms with E-state index in [-0.39, 0.29) is 30.8 Å². The zero-order valence-electron chi connectivity index (χ0n) is 16.8. The van der Waals surface area contributed by atoms with Crippen LogP contribution in [0.2, 0.25) is 0 Å². The molecule has 1 heterocycles. The summed E-state index contributed by atoms with van der Waals surface area (Å²) in [7, 11) is 0. The minimum absolute atomic E-state index is 0.162. The van der Waals surface area contributed by atoms with Gasteiger partial charge in [-0.15, -0.1) is 0 Å². The number of hydrogen-bond donors (Lipinski definition) is 1. The molecular weight excluding hydrogens is 368 g/mol. The maximum Gasteiger partial charge on any atom is 0.329 e. The molecule has 1 atom stereocenters. The van der Waals surface area contributed by atoms with Crippen LogP contribution < -0.4 is 10.2 Å². The number of rotatable bonds is 7. The monoisotopic (exact) mass is 394 g/mol. The summed E-state index contributed by atoms with van der Waals surface area (Å²) in [5, 5.41) is 2.74. The smallest absolute Gasteiger partial charge is 0.329 e. The Bertz CT molecular complexity index is 879. The number of carbonyl (C=O) groups is 3. The summed E-state index contributed by atoms with van der Waals surface area (Å²) in [6, 6.07) is 16.2. The van der Waals surface area contributed by atoms with Gasteiger partial charge in [-0.25, -0.2) is 4.79 Å². The molecule has 0 aromatic heterocycles. The van der Waals surface area contributed by atoms with E-state index in [1.54, 1.807) is 4.90 Å². The molecule has 1 N–H and O–H groups in total. The molecule has 2 aromatic carbocycles. The van der Waals surface area contributed by atoms with Crippen LogP contribution in [0.1, 0.15) is 25.0 Å². The first-order chi connectivity index (χ1) is 14.0. The Balaban J connectivity index is 1.54. The lowest BCUT2D eigenvalue weighted by Crippen LogP contribution is -2.46. The summed E-state index contributed by atoms with van der Waals surface area (Å²) in [6.45, 7) is 3.89. The first kappa shape index (κ1) is 20.6. The van der Waals surface area contributed by atoms with Gasteiger partial charge in [0.25, 0.3) is 5.91 Å². The summed E-state index contributed by atoms with van der Waals surface area (Å²) >= 11 is 0. The number of amides is 2. The van der Waals surface area contributed by atoms with E-state index in [4.69, 9.17) is 4.74 Å². The largest absolute Gasteiger partial charge is 0.454 e. The lowest BCUT2D eigenvalue weighted by Gasteiger charge is -2.22. The summed E-state index contributed by atoms with van der Waals surface area (Å²) < 4.78 is 5.26. The van der Waals surface area contributed by atoms with Gasteiger partial charge >= 0.3 is 5.97 Å². The van der Waals surface area contributed by atoms with Crippen molar-refractivity contribution in [1.29, 1.82) is 0 Å². The molecule has 2 amide bonds. The Morgan fingerprint density at radius 2 is 1.72 bits per heavy atom. The summed E-state index contributed by atoms with van der Waals surface area (Å²) in [4.78, 5) is 39.0. The highest BCUT2D eigenvalue weighted by Gasteiger charge is 2.29. The number of benzene rings is 2. The quantitative estimate of drug-likeness (QED) is 0.732. The van der Waals surface area contributed by atoms with Crippen LogP contribution in [0.3, 0.4) is 0 Å². The maximum absolute atomic E-state index is 12.5. The number of nitrogens with one attached hydrogen (secondary N) is 1. The molecule has 6 nitrogen and oxygen atoms in total. The van der Waals surface area contributed by atoms with Crippen molar-refractivity contribution in [2.45, 2.75) is 32.7 Å². The van der Waals surface area contributed by atoms with Crippen LogP contribution in [0.4, 0.5) is 5.69 Å². The van der Waals surface area contributed by atoms with Crippen molar-refractivity contribution in [2.75, 3.05) is 18.1 Å². The molecular formula is C23H26N2O4. The minimum Gasteiger partial charge on any atom is -0.454 e. The Kier molecular flexibility index (Phi) is 6.65. The fourth-order valence-electron chi connectivity index (χ4n) is 3.40. The highest BCUT2D eigenvalue weighted by molar-refractivity contribution is 5.97. The van der Waals surface area contributed by atoms with Crippen molar-refractivity contribution in [1.82, 2.24) is 5.32 Å². The molecule has 152 valence electrons. The molecule has 0 saturated carbocycles. The number of anilines is 1. The Morgan fingerprint density at radius 1 is 1.03 bits per heavy atom. The van der Waals surface area contributed by atoms with Gasteiger partial charge in [0.1, 0.15) is 6.04 Å². The van der Waals surface area contributed by atoms with E-state index in [1.807, 2.05) is 68.4 Å². The van der Waals surface area contributed by atoms with Crippen molar-refractivity contribution in [3.63, 3.8) is 0 Å². The van der Waals surface area contributed by atoms with Gasteiger partial charge in [0.05, 0.1) is 6.42 Å². The summed E-state index contributed by atoms with van der Waals surface area (Å²) in [6.07, 6.45) is 0.973. The van der Waals surface area contributed by atoms with Gasteiger partial charge < -0.3 is 15.0 Å². The van der Waals surface area contributed by atoms with Gasteiger partial charge in [-0.2, -0.15) is 0 Å². The molecule has 0 saturated heterocycles. The SMILES string of the molecule is CC(C)[C@H](NC(=O)Cc1ccccc1)C(=O)OCC(=O)N1CCc2ccccc21. The second-order valence-electron chi connectivity index (χ2n) is 7.48. The van der Waals surface area contributed by atoms with Gasteiger partial charge in [0, 0.05) is 12.2 Å². The molecule has 3 rings (SSSR count). The third-order valence-electron chi connectivity index (χ3n) is 4.97. The molecule has 1 aliphatic heterocycles. The lowest BCUT2D eigenvalue weighted by atomic mass is 10.0. The number of hydrogen-bond acceptors (Lipinski definition) is 4. The number of esters is 1. The van der Waals surface area contributed by atoms with Gasteiger partial charge in [0.2, 0.25) is 5.91 Å². The van der Waals surface area contributed by atoms with Crippen molar-refractivity contribution in [2.24, 2.45) is 5.92 Å². The van der Waals surface area contributed by atoms with Crippen LogP contribution in [0.5, 0.6) is 0 Å². The third kappa shape index (κ3) is 5.22. The molecule has 0 fully saturated rings. The molecule has 0 spiro atoms. The Morgan fingerprint density at radius 3 is 2.45 bits per heavy atom. The zero-order valence-corrected chi connectivity index (χ0v) is 16.8. The summed E-state index contributed by atoms with van der Waals surface area (Å²) in [5.74, 6) is -1.28. The van der Waals surface area contributed by atoms with Gasteiger partial charge in [0.15, 0.2) is 6.61 Å². The average Bonchev–Trinajstić information content (AvgIpc) is 3.15. The number of carbonyl (C=O) groups excluding carboxylic acids is 3. The maximum atomic E-state index is 12.5. The fraction of sp³-hybridized carbons (Fsp3) is 0.348. The predicted molar refractivity (Wildman–Crippen MR) is 110 cm³/mol. The number of ether oxygens (including phenoxy) is 1. The van der Waals surface area contributed by atoms with E-state index in [2.05, 4.69) is 5.32 Å². The predicted octanol–water partition coefficient (Wildman–Crippen LogP) is 2.50. The van der Waals surface area contributed by atoms with Crippen molar-refractivity contribution in [3.8, 4) is 0 Å². The van der Waals surface area contributed by atoms with E-state index in [0.717, 1.165) is 23.2 Å². The number of fused-ring (bicyclic) bond motifs is 1. The van der Waals surface area contributed by atoms with Gasteiger partial charge in [-0.05, 0) is 29.5 Å². The normalized spacial score (nSPS) is 13.7. The number of nitrogens with zero attached hydrogens (tertiary/aromatic N) is 1. The van der Waals surface area contributed by atoms with Crippen molar-refractivity contribution >= 4 is 23.5 Å². The lowest BCUT2D eigenvalue weighted by molar-refractivity contribution is -0.152. The van der Waals surface area contributed by atoms with Crippen LogP contribution in [0, 0.1) is 5.92 Å². The molecule has 1 aliphatic rings. The molecule has 0 aliphatic carbocycles. The molecule has 0 radical (unpaired) electrons. The molecule has 2 aromatic rings. The average molecular weight is 394 g/mol. The van der Waals surface area contributed by atoms with Gasteiger partial charge in [-0.3, -0.25) is 9.59 Å². The first-order valence-corrected chi connectivity index (χ1v) is 9.84. The van der Waals surface area contributed by atoms with Crippen LogP contribution in [-0.2, 0) is 32.0 Å². The van der Waals surface area contributed by atoms with Crippen molar-refractivity contribution in [3.05, 3.63) is 65.7 Å². The van der Waals surface area contributed by atoms with Crippen molar-refractivity contribution < 1.29 is 19.1 Å². The van der Waals surface area contributed by atoms with E-state index in [9.17, 15) is 14.4 Å². The second-order valence-corrected chi connectivity index (χ2v) is 7.48. The fourth-order valence-corrected chi connectivity index (χ4v) is 3.40. The first-order valence-electron chi connectivity index (χ1n) is 9.84. The standard InChI is InChI=1S/C23H26N2O4/c1-16(2)22(24-20(26)14-17-8-4-3-5-9-17)23(28)29-15-21(27)25-13-12-18-10-6-7-11-19(18)25/h3-11,16,22H,12-15H2,1-2H3,(H,24,26)/t22-/m0/s1. The molecule has 0 bridgehead atoms. The number of para-hydroxylation sites is 1.